The molecule has 0 saturated carbocycles. The number of imidazole rings is 1. The number of ether oxygens (including phenoxy) is 1. The molecular weight excluding hydrogens is 428 g/mol. The van der Waals surface area contributed by atoms with Crippen LogP contribution in [0.3, 0.4) is 0 Å². The summed E-state index contributed by atoms with van der Waals surface area (Å²) in [4.78, 5) is 24.4. The summed E-state index contributed by atoms with van der Waals surface area (Å²) in [6.45, 7) is 5.15. The SMILES string of the molecule is Cc1c(N)cncc1-c1cccc(NC(=O)c2nc3c(n2C)CCN(C2COC2)C3)c1Cl. The van der Waals surface area contributed by atoms with Crippen molar-refractivity contribution in [2.45, 2.75) is 25.9 Å². The third-order valence-corrected chi connectivity index (χ3v) is 6.82. The second-order valence-corrected chi connectivity index (χ2v) is 8.70. The van der Waals surface area contributed by atoms with Crippen molar-refractivity contribution in [2.24, 2.45) is 7.05 Å². The molecule has 0 radical (unpaired) electrons. The number of hydrogen-bond acceptors (Lipinski definition) is 6. The van der Waals surface area contributed by atoms with E-state index in [1.54, 1.807) is 18.5 Å². The average molecular weight is 453 g/mol. The molecule has 3 N–H and O–H groups in total. The first kappa shape index (κ1) is 20.9. The first-order valence-electron chi connectivity index (χ1n) is 10.6. The number of nitrogen functional groups attached to an aromatic ring is 1. The molecule has 166 valence electrons. The first-order chi connectivity index (χ1) is 15.4. The Labute approximate surface area is 191 Å². The summed E-state index contributed by atoms with van der Waals surface area (Å²) in [6, 6.07) is 5.97. The fourth-order valence-corrected chi connectivity index (χ4v) is 4.60. The summed E-state index contributed by atoms with van der Waals surface area (Å²) < 4.78 is 7.21. The van der Waals surface area contributed by atoms with Gasteiger partial charge in [0.25, 0.3) is 5.91 Å². The van der Waals surface area contributed by atoms with Gasteiger partial charge in [0.1, 0.15) is 0 Å². The first-order valence-corrected chi connectivity index (χ1v) is 11.0. The molecule has 1 aromatic carbocycles. The van der Waals surface area contributed by atoms with Crippen LogP contribution in [0.4, 0.5) is 11.4 Å². The van der Waals surface area contributed by atoms with Gasteiger partial charge in [-0.05, 0) is 18.6 Å². The zero-order valence-corrected chi connectivity index (χ0v) is 18.8. The van der Waals surface area contributed by atoms with Crippen LogP contribution in [-0.4, -0.2) is 51.1 Å². The minimum atomic E-state index is -0.290. The van der Waals surface area contributed by atoms with Crippen molar-refractivity contribution in [2.75, 3.05) is 30.8 Å². The summed E-state index contributed by atoms with van der Waals surface area (Å²) in [7, 11) is 1.89. The number of amides is 1. The van der Waals surface area contributed by atoms with Crippen LogP contribution >= 0.6 is 11.6 Å². The van der Waals surface area contributed by atoms with E-state index in [2.05, 4.69) is 20.2 Å². The third-order valence-electron chi connectivity index (χ3n) is 6.42. The van der Waals surface area contributed by atoms with Gasteiger partial charge in [-0.3, -0.25) is 14.7 Å². The lowest BCUT2D eigenvalue weighted by Crippen LogP contribution is -2.50. The highest BCUT2D eigenvalue weighted by Gasteiger charge is 2.32. The van der Waals surface area contributed by atoms with Crippen molar-refractivity contribution in [3.8, 4) is 11.1 Å². The van der Waals surface area contributed by atoms with E-state index in [-0.39, 0.29) is 5.91 Å². The second kappa shape index (κ2) is 8.20. The monoisotopic (exact) mass is 452 g/mol. The molecule has 2 aliphatic rings. The van der Waals surface area contributed by atoms with E-state index in [0.717, 1.165) is 60.8 Å². The van der Waals surface area contributed by atoms with E-state index in [1.807, 2.05) is 30.7 Å². The molecule has 32 heavy (non-hydrogen) atoms. The van der Waals surface area contributed by atoms with Crippen molar-refractivity contribution >= 4 is 28.9 Å². The number of nitrogens with two attached hydrogens (primary N) is 1. The number of anilines is 2. The van der Waals surface area contributed by atoms with Crippen LogP contribution in [0.2, 0.25) is 5.02 Å². The Morgan fingerprint density at radius 3 is 2.84 bits per heavy atom. The molecular formula is C23H25ClN6O2. The predicted octanol–water partition coefficient (Wildman–Crippen LogP) is 3.04. The summed E-state index contributed by atoms with van der Waals surface area (Å²) in [5.74, 6) is 0.0897. The van der Waals surface area contributed by atoms with Crippen LogP contribution < -0.4 is 11.1 Å². The Balaban J connectivity index is 1.40. The second-order valence-electron chi connectivity index (χ2n) is 8.32. The zero-order valence-electron chi connectivity index (χ0n) is 18.1. The van der Waals surface area contributed by atoms with Gasteiger partial charge in [-0.25, -0.2) is 4.98 Å². The number of pyridine rings is 1. The molecule has 5 rings (SSSR count). The van der Waals surface area contributed by atoms with E-state index < -0.39 is 0 Å². The summed E-state index contributed by atoms with van der Waals surface area (Å²) in [5.41, 5.74) is 11.7. The van der Waals surface area contributed by atoms with Gasteiger partial charge in [0.05, 0.1) is 47.5 Å². The van der Waals surface area contributed by atoms with E-state index in [0.29, 0.717) is 28.3 Å². The quantitative estimate of drug-likeness (QED) is 0.631. The van der Waals surface area contributed by atoms with Crippen molar-refractivity contribution in [3.63, 3.8) is 0 Å². The maximum atomic E-state index is 13.1. The van der Waals surface area contributed by atoms with Gasteiger partial charge in [0.2, 0.25) is 0 Å². The summed E-state index contributed by atoms with van der Waals surface area (Å²) in [6.07, 6.45) is 4.20. The van der Waals surface area contributed by atoms with E-state index >= 15 is 0 Å². The molecule has 3 aromatic rings. The largest absolute Gasteiger partial charge is 0.397 e. The van der Waals surface area contributed by atoms with Gasteiger partial charge in [-0.15, -0.1) is 0 Å². The topological polar surface area (TPSA) is 98.3 Å². The zero-order chi connectivity index (χ0) is 22.4. The Bertz CT molecular complexity index is 1200. The molecule has 2 aliphatic heterocycles. The van der Waals surface area contributed by atoms with Crippen LogP contribution in [-0.2, 0) is 24.8 Å². The summed E-state index contributed by atoms with van der Waals surface area (Å²) in [5, 5.41) is 3.37. The number of benzene rings is 1. The molecule has 0 spiro atoms. The standard InChI is InChI=1S/C23H25ClN6O2/c1-13-16(8-26-9-17(13)25)15-4-3-5-18(21(15)24)28-23(31)22-27-19-10-30(14-11-32-12-14)7-6-20(19)29(22)2/h3-5,8-9,14H,6-7,10-12,25H2,1-2H3,(H,28,31). The number of aromatic nitrogens is 3. The van der Waals surface area contributed by atoms with Gasteiger partial charge >= 0.3 is 0 Å². The minimum absolute atomic E-state index is 0.290. The number of fused-ring (bicyclic) bond motifs is 1. The van der Waals surface area contributed by atoms with Gasteiger partial charge in [0, 0.05) is 49.6 Å². The van der Waals surface area contributed by atoms with Crippen molar-refractivity contribution in [1.29, 1.82) is 0 Å². The van der Waals surface area contributed by atoms with Crippen molar-refractivity contribution < 1.29 is 9.53 Å². The molecule has 8 nitrogen and oxygen atoms in total. The van der Waals surface area contributed by atoms with Crippen LogP contribution in [0.1, 0.15) is 27.6 Å². The molecule has 1 saturated heterocycles. The Hall–Kier alpha value is -2.94. The van der Waals surface area contributed by atoms with Crippen LogP contribution in [0.15, 0.2) is 30.6 Å². The molecule has 0 unspecified atom stereocenters. The maximum absolute atomic E-state index is 13.1. The molecule has 1 fully saturated rings. The number of rotatable bonds is 4. The van der Waals surface area contributed by atoms with Crippen LogP contribution in [0, 0.1) is 6.92 Å². The van der Waals surface area contributed by atoms with Crippen molar-refractivity contribution in [3.05, 3.63) is 58.4 Å². The number of nitrogens with one attached hydrogen (secondary N) is 1. The van der Waals surface area contributed by atoms with Gasteiger partial charge in [0.15, 0.2) is 5.82 Å². The van der Waals surface area contributed by atoms with Gasteiger partial charge < -0.3 is 20.4 Å². The number of carbonyl (C=O) groups excluding carboxylic acids is 1. The highest BCUT2D eigenvalue weighted by Crippen LogP contribution is 2.36. The van der Waals surface area contributed by atoms with Gasteiger partial charge in [-0.1, -0.05) is 23.7 Å². The number of halogens is 1. The molecule has 0 aliphatic carbocycles. The van der Waals surface area contributed by atoms with E-state index in [9.17, 15) is 4.79 Å². The molecule has 1 amide bonds. The molecule has 9 heteroatoms. The van der Waals surface area contributed by atoms with Crippen molar-refractivity contribution in [1.82, 2.24) is 19.4 Å². The number of nitrogens with zero attached hydrogens (tertiary/aromatic N) is 4. The molecule has 4 heterocycles. The fourth-order valence-electron chi connectivity index (χ4n) is 4.32. The van der Waals surface area contributed by atoms with E-state index in [4.69, 9.17) is 22.1 Å². The highest BCUT2D eigenvalue weighted by atomic mass is 35.5. The van der Waals surface area contributed by atoms with E-state index in [1.165, 1.54) is 0 Å². The molecule has 0 bridgehead atoms. The van der Waals surface area contributed by atoms with Gasteiger partial charge in [-0.2, -0.15) is 0 Å². The molecule has 0 atom stereocenters. The average Bonchev–Trinajstić information content (AvgIpc) is 3.07. The third kappa shape index (κ3) is 3.54. The highest BCUT2D eigenvalue weighted by molar-refractivity contribution is 6.36. The smallest absolute Gasteiger partial charge is 0.291 e. The maximum Gasteiger partial charge on any atom is 0.291 e. The minimum Gasteiger partial charge on any atom is -0.397 e. The summed E-state index contributed by atoms with van der Waals surface area (Å²) >= 11 is 6.69. The van der Waals surface area contributed by atoms with Crippen LogP contribution in [0.25, 0.3) is 11.1 Å². The Kier molecular flexibility index (Phi) is 5.36. The fraction of sp³-hybridized carbons (Fsp3) is 0.348. The normalized spacial score (nSPS) is 16.5. The Morgan fingerprint density at radius 2 is 2.09 bits per heavy atom. The Morgan fingerprint density at radius 1 is 1.28 bits per heavy atom. The lowest BCUT2D eigenvalue weighted by molar-refractivity contribution is -0.0700. The number of carbonyl (C=O) groups is 1. The molecule has 2 aromatic heterocycles. The number of hydrogen-bond donors (Lipinski definition) is 2. The predicted molar refractivity (Wildman–Crippen MR) is 124 cm³/mol. The lowest BCUT2D eigenvalue weighted by atomic mass is 10.0. The van der Waals surface area contributed by atoms with Crippen LogP contribution in [0.5, 0.6) is 0 Å². The lowest BCUT2D eigenvalue weighted by Gasteiger charge is -2.39.